The molecular formula is C23H20N2Na2. The van der Waals surface area contributed by atoms with Gasteiger partial charge in [0.15, 0.2) is 0 Å². The molecule has 4 rings (SSSR count). The van der Waals surface area contributed by atoms with Crippen LogP contribution in [0.15, 0.2) is 91.0 Å². The molecule has 0 fully saturated rings. The third kappa shape index (κ3) is 5.92. The standard InChI is InChI=1S/C23H20N2.2Na/c1-4-10-18(11-5-1)16-21-23(20-14-8-3-9-15-20)25-22(24-21)17-19-12-6-2-7-13-19;;/h1-15H,16-17H2,(H,24,25);;. The summed E-state index contributed by atoms with van der Waals surface area (Å²) in [4.78, 5) is 8.48. The van der Waals surface area contributed by atoms with Crippen molar-refractivity contribution in [2.24, 2.45) is 0 Å². The molecule has 4 heteroatoms. The number of aromatic amines is 1. The van der Waals surface area contributed by atoms with Crippen LogP contribution in [0.5, 0.6) is 0 Å². The maximum Gasteiger partial charge on any atom is 0.111 e. The number of nitrogens with zero attached hydrogens (tertiary/aromatic N) is 1. The first-order chi connectivity index (χ1) is 12.4. The van der Waals surface area contributed by atoms with Gasteiger partial charge in [0.25, 0.3) is 0 Å². The Morgan fingerprint density at radius 2 is 1.07 bits per heavy atom. The van der Waals surface area contributed by atoms with Crippen LogP contribution < -0.4 is 0 Å². The normalized spacial score (nSPS) is 9.93. The van der Waals surface area contributed by atoms with E-state index in [4.69, 9.17) is 4.98 Å². The monoisotopic (exact) mass is 370 g/mol. The third-order valence-corrected chi connectivity index (χ3v) is 4.32. The molecule has 1 N–H and O–H groups in total. The largest absolute Gasteiger partial charge is 0.341 e. The minimum absolute atomic E-state index is 0. The summed E-state index contributed by atoms with van der Waals surface area (Å²) in [6.07, 6.45) is 1.64. The molecule has 0 unspecified atom stereocenters. The van der Waals surface area contributed by atoms with Crippen molar-refractivity contribution in [2.45, 2.75) is 12.8 Å². The van der Waals surface area contributed by atoms with Crippen molar-refractivity contribution in [2.75, 3.05) is 0 Å². The number of imidazole rings is 1. The van der Waals surface area contributed by atoms with Crippen molar-refractivity contribution < 1.29 is 0 Å². The summed E-state index contributed by atoms with van der Waals surface area (Å²) in [5, 5.41) is 0. The van der Waals surface area contributed by atoms with Crippen LogP contribution in [0.3, 0.4) is 0 Å². The maximum atomic E-state index is 4.92. The van der Waals surface area contributed by atoms with E-state index in [0.717, 1.165) is 30.1 Å². The molecule has 0 aliphatic heterocycles. The minimum Gasteiger partial charge on any atom is -0.341 e. The van der Waals surface area contributed by atoms with Gasteiger partial charge in [0.2, 0.25) is 0 Å². The molecule has 27 heavy (non-hydrogen) atoms. The first-order valence-electron chi connectivity index (χ1n) is 8.59. The molecule has 0 saturated carbocycles. The molecule has 3 aromatic carbocycles. The van der Waals surface area contributed by atoms with E-state index >= 15 is 0 Å². The summed E-state index contributed by atoms with van der Waals surface area (Å²) in [5.74, 6) is 1.01. The SMILES string of the molecule is [Na].[Na].c1ccc(Cc2nc(Cc3ccccc3)c(-c3ccccc3)[nH]2)cc1. The number of hydrogen-bond donors (Lipinski definition) is 1. The first-order valence-corrected chi connectivity index (χ1v) is 8.59. The van der Waals surface area contributed by atoms with E-state index < -0.39 is 0 Å². The predicted octanol–water partition coefficient (Wildman–Crippen LogP) is 4.50. The van der Waals surface area contributed by atoms with Gasteiger partial charge in [0, 0.05) is 72.0 Å². The van der Waals surface area contributed by atoms with Gasteiger partial charge in [-0.15, -0.1) is 0 Å². The summed E-state index contributed by atoms with van der Waals surface area (Å²) >= 11 is 0. The molecule has 1 heterocycles. The van der Waals surface area contributed by atoms with Gasteiger partial charge in [-0.1, -0.05) is 91.0 Å². The van der Waals surface area contributed by atoms with Crippen molar-refractivity contribution in [3.63, 3.8) is 0 Å². The molecule has 2 nitrogen and oxygen atoms in total. The molecule has 2 radical (unpaired) electrons. The summed E-state index contributed by atoms with van der Waals surface area (Å²) in [6.45, 7) is 0. The van der Waals surface area contributed by atoms with Gasteiger partial charge in [0.1, 0.15) is 5.82 Å². The molecule has 0 amide bonds. The van der Waals surface area contributed by atoms with E-state index in [1.165, 1.54) is 16.7 Å². The van der Waals surface area contributed by atoms with E-state index in [1.807, 2.05) is 18.2 Å². The van der Waals surface area contributed by atoms with Crippen molar-refractivity contribution in [1.29, 1.82) is 0 Å². The van der Waals surface area contributed by atoms with Crippen molar-refractivity contribution in [1.82, 2.24) is 9.97 Å². The summed E-state index contributed by atoms with van der Waals surface area (Å²) < 4.78 is 0. The van der Waals surface area contributed by atoms with Gasteiger partial charge in [-0.3, -0.25) is 0 Å². The molecular weight excluding hydrogens is 350 g/mol. The molecule has 0 aliphatic rings. The van der Waals surface area contributed by atoms with E-state index in [2.05, 4.69) is 77.8 Å². The minimum atomic E-state index is 0. The van der Waals surface area contributed by atoms with Crippen LogP contribution in [0.2, 0.25) is 0 Å². The van der Waals surface area contributed by atoms with Crippen molar-refractivity contribution in [3.05, 3.63) is 114 Å². The van der Waals surface area contributed by atoms with Crippen molar-refractivity contribution >= 4 is 59.1 Å². The van der Waals surface area contributed by atoms with Crippen LogP contribution in [0.1, 0.15) is 22.6 Å². The van der Waals surface area contributed by atoms with Gasteiger partial charge < -0.3 is 4.98 Å². The number of nitrogens with one attached hydrogen (secondary N) is 1. The van der Waals surface area contributed by atoms with Gasteiger partial charge >= 0.3 is 0 Å². The summed E-state index contributed by atoms with van der Waals surface area (Å²) in [6, 6.07) is 31.4. The van der Waals surface area contributed by atoms with Gasteiger partial charge in [-0.2, -0.15) is 0 Å². The van der Waals surface area contributed by atoms with Gasteiger partial charge in [-0.25, -0.2) is 4.98 Å². The zero-order valence-corrected chi connectivity index (χ0v) is 20.0. The molecule has 0 atom stereocenters. The fourth-order valence-corrected chi connectivity index (χ4v) is 3.10. The second kappa shape index (κ2) is 11.0. The average Bonchev–Trinajstić information content (AvgIpc) is 3.06. The van der Waals surface area contributed by atoms with E-state index in [0.29, 0.717) is 0 Å². The Balaban J connectivity index is 0.00000131. The molecule has 0 bridgehead atoms. The Bertz CT molecular complexity index is 936. The molecule has 0 aliphatic carbocycles. The Kier molecular flexibility index (Phi) is 9.04. The number of hydrogen-bond acceptors (Lipinski definition) is 1. The van der Waals surface area contributed by atoms with Crippen LogP contribution in [0.25, 0.3) is 11.3 Å². The smallest absolute Gasteiger partial charge is 0.111 e. The molecule has 0 spiro atoms. The Morgan fingerprint density at radius 1 is 0.593 bits per heavy atom. The van der Waals surface area contributed by atoms with E-state index in [1.54, 1.807) is 0 Å². The molecule has 4 aromatic rings. The fraction of sp³-hybridized carbons (Fsp3) is 0.0870. The first kappa shape index (κ1) is 22.2. The van der Waals surface area contributed by atoms with Crippen LogP contribution in [0.4, 0.5) is 0 Å². The van der Waals surface area contributed by atoms with Crippen molar-refractivity contribution in [3.8, 4) is 11.3 Å². The van der Waals surface area contributed by atoms with Crippen LogP contribution in [0, 0.1) is 0 Å². The Labute approximate surface area is 205 Å². The number of H-pyrrole nitrogens is 1. The molecule has 0 saturated heterocycles. The zero-order chi connectivity index (χ0) is 16.9. The number of benzene rings is 3. The van der Waals surface area contributed by atoms with Gasteiger partial charge in [-0.05, 0) is 16.7 Å². The second-order valence-corrected chi connectivity index (χ2v) is 6.20. The average molecular weight is 370 g/mol. The number of rotatable bonds is 5. The summed E-state index contributed by atoms with van der Waals surface area (Å²) in [5.41, 5.74) is 5.94. The topological polar surface area (TPSA) is 28.7 Å². The molecule has 124 valence electrons. The quantitative estimate of drug-likeness (QED) is 0.515. The predicted molar refractivity (Wildman–Crippen MR) is 114 cm³/mol. The summed E-state index contributed by atoms with van der Waals surface area (Å²) in [7, 11) is 0. The maximum absolute atomic E-state index is 4.92. The van der Waals surface area contributed by atoms with Crippen LogP contribution in [-0.4, -0.2) is 69.1 Å². The Hall–Kier alpha value is -1.13. The van der Waals surface area contributed by atoms with Crippen LogP contribution >= 0.6 is 0 Å². The zero-order valence-electron chi connectivity index (χ0n) is 16.0. The van der Waals surface area contributed by atoms with E-state index in [-0.39, 0.29) is 59.1 Å². The third-order valence-electron chi connectivity index (χ3n) is 4.32. The van der Waals surface area contributed by atoms with Crippen LogP contribution in [-0.2, 0) is 12.8 Å². The molecule has 1 aromatic heterocycles. The second-order valence-electron chi connectivity index (χ2n) is 6.20. The fourth-order valence-electron chi connectivity index (χ4n) is 3.10. The van der Waals surface area contributed by atoms with E-state index in [9.17, 15) is 0 Å². The van der Waals surface area contributed by atoms with Gasteiger partial charge in [0.05, 0.1) is 11.4 Å². The number of aromatic nitrogens is 2. The Morgan fingerprint density at radius 3 is 1.63 bits per heavy atom.